The van der Waals surface area contributed by atoms with E-state index in [1.165, 1.54) is 15.6 Å². The van der Waals surface area contributed by atoms with Gasteiger partial charge in [-0.2, -0.15) is 4.31 Å². The lowest BCUT2D eigenvalue weighted by atomic mass is 10.2. The van der Waals surface area contributed by atoms with Gasteiger partial charge < -0.3 is 15.1 Å². The first-order valence-electron chi connectivity index (χ1n) is 9.55. The number of benzene rings is 1. The number of sulfonamides is 1. The molecule has 0 bridgehead atoms. The van der Waals surface area contributed by atoms with Crippen molar-refractivity contribution in [1.82, 2.24) is 14.9 Å². The fourth-order valence-corrected chi connectivity index (χ4v) is 6.32. The zero-order valence-electron chi connectivity index (χ0n) is 16.1. The van der Waals surface area contributed by atoms with Crippen molar-refractivity contribution in [3.8, 4) is 0 Å². The van der Waals surface area contributed by atoms with E-state index >= 15 is 0 Å². The number of fused-ring (bicyclic) bond motifs is 1. The Morgan fingerprint density at radius 2 is 1.97 bits per heavy atom. The summed E-state index contributed by atoms with van der Waals surface area (Å²) in [5, 5.41) is 6.61. The maximum Gasteiger partial charge on any atom is 0.315 e. The molecule has 2 aromatic heterocycles. The number of nitrogens with one attached hydrogen (secondary N) is 2. The third-order valence-electron chi connectivity index (χ3n) is 4.94. The van der Waals surface area contributed by atoms with E-state index in [1.54, 1.807) is 12.1 Å². The van der Waals surface area contributed by atoms with Crippen LogP contribution in [0, 0.1) is 0 Å². The summed E-state index contributed by atoms with van der Waals surface area (Å²) in [7, 11) is -3.41. The molecule has 154 valence electrons. The smallest absolute Gasteiger partial charge is 0.315 e. The van der Waals surface area contributed by atoms with E-state index in [2.05, 4.69) is 10.6 Å². The number of amides is 2. The number of carbonyl (C=O) groups excluding carboxylic acids is 1. The van der Waals surface area contributed by atoms with E-state index in [0.29, 0.717) is 23.1 Å². The van der Waals surface area contributed by atoms with Gasteiger partial charge in [0, 0.05) is 23.4 Å². The summed E-state index contributed by atoms with van der Waals surface area (Å²) in [6, 6.07) is 12.3. The van der Waals surface area contributed by atoms with Crippen LogP contribution in [0.3, 0.4) is 0 Å². The van der Waals surface area contributed by atoms with Gasteiger partial charge in [-0.3, -0.25) is 0 Å². The van der Waals surface area contributed by atoms with Crippen LogP contribution in [0.25, 0.3) is 11.0 Å². The molecular formula is C20H23N3O4S2. The molecule has 0 spiro atoms. The Morgan fingerprint density at radius 1 is 1.21 bits per heavy atom. The fraction of sp³-hybridized carbons (Fsp3) is 0.350. The molecule has 1 aliphatic rings. The number of nitrogens with zero attached hydrogens (tertiary/aromatic N) is 1. The van der Waals surface area contributed by atoms with Gasteiger partial charge >= 0.3 is 6.03 Å². The van der Waals surface area contributed by atoms with Gasteiger partial charge in [-0.15, -0.1) is 11.3 Å². The molecule has 2 N–H and O–H groups in total. The molecule has 3 heterocycles. The largest absolute Gasteiger partial charge is 0.459 e. The number of hydrogen-bond acceptors (Lipinski definition) is 5. The van der Waals surface area contributed by atoms with Gasteiger partial charge in [0.15, 0.2) is 0 Å². The quantitative estimate of drug-likeness (QED) is 0.618. The van der Waals surface area contributed by atoms with E-state index in [1.807, 2.05) is 37.3 Å². The fourth-order valence-electron chi connectivity index (χ4n) is 3.35. The van der Waals surface area contributed by atoms with E-state index in [9.17, 15) is 13.2 Å². The summed E-state index contributed by atoms with van der Waals surface area (Å²) in [5.41, 5.74) is 0.780. The maximum atomic E-state index is 12.6. The van der Waals surface area contributed by atoms with Crippen molar-refractivity contribution in [2.75, 3.05) is 13.1 Å². The molecule has 0 saturated carbocycles. The van der Waals surface area contributed by atoms with Crippen molar-refractivity contribution in [2.45, 2.75) is 36.6 Å². The average Bonchev–Trinajstić information content (AvgIpc) is 3.46. The third kappa shape index (κ3) is 4.31. The molecule has 29 heavy (non-hydrogen) atoms. The normalized spacial score (nSPS) is 16.2. The summed E-state index contributed by atoms with van der Waals surface area (Å²) in [5.74, 6) is 0.677. The predicted molar refractivity (Wildman–Crippen MR) is 112 cm³/mol. The topological polar surface area (TPSA) is 91.7 Å². The SMILES string of the molecule is CC(NC(=O)NCc1ccc(S(=O)(=O)N2CCCC2)s1)c1cc2ccccc2o1. The van der Waals surface area contributed by atoms with Crippen molar-refractivity contribution in [1.29, 1.82) is 0 Å². The molecule has 4 rings (SSSR count). The highest BCUT2D eigenvalue weighted by Gasteiger charge is 2.28. The third-order valence-corrected chi connectivity index (χ3v) is 8.39. The predicted octanol–water partition coefficient (Wildman–Crippen LogP) is 3.84. The molecule has 1 atom stereocenters. The first-order chi connectivity index (χ1) is 13.9. The second-order valence-corrected chi connectivity index (χ2v) is 10.4. The van der Waals surface area contributed by atoms with Crippen molar-refractivity contribution in [2.24, 2.45) is 0 Å². The lowest BCUT2D eigenvalue weighted by Crippen LogP contribution is -2.36. The summed E-state index contributed by atoms with van der Waals surface area (Å²) in [4.78, 5) is 13.0. The molecular weight excluding hydrogens is 410 g/mol. The number of rotatable bonds is 6. The maximum absolute atomic E-state index is 12.6. The van der Waals surface area contributed by atoms with E-state index in [0.717, 1.165) is 28.7 Å². The molecule has 0 radical (unpaired) electrons. The Labute approximate surface area is 173 Å². The number of urea groups is 1. The minimum absolute atomic E-state index is 0.263. The molecule has 7 nitrogen and oxygen atoms in total. The van der Waals surface area contributed by atoms with Gasteiger partial charge in [0.2, 0.25) is 0 Å². The first kappa shape index (κ1) is 19.9. The average molecular weight is 434 g/mol. The molecule has 1 unspecified atom stereocenters. The van der Waals surface area contributed by atoms with Crippen molar-refractivity contribution in [3.05, 3.63) is 53.1 Å². The minimum Gasteiger partial charge on any atom is -0.459 e. The van der Waals surface area contributed by atoms with E-state index < -0.39 is 10.0 Å². The van der Waals surface area contributed by atoms with E-state index in [-0.39, 0.29) is 18.6 Å². The van der Waals surface area contributed by atoms with Gasteiger partial charge in [0.1, 0.15) is 15.6 Å². The molecule has 3 aromatic rings. The Bertz CT molecular complexity index is 1080. The number of hydrogen-bond donors (Lipinski definition) is 2. The highest BCUT2D eigenvalue weighted by Crippen LogP contribution is 2.27. The second kappa shape index (κ2) is 8.17. The lowest BCUT2D eigenvalue weighted by Gasteiger charge is -2.13. The van der Waals surface area contributed by atoms with Gasteiger partial charge in [0.05, 0.1) is 12.6 Å². The molecule has 9 heteroatoms. The molecule has 1 saturated heterocycles. The Kier molecular flexibility index (Phi) is 5.62. The van der Waals surface area contributed by atoms with Gasteiger partial charge in [-0.05, 0) is 44.0 Å². The molecule has 0 aliphatic carbocycles. The summed E-state index contributed by atoms with van der Waals surface area (Å²) in [6.07, 6.45) is 1.81. The number of furan rings is 1. The highest BCUT2D eigenvalue weighted by atomic mass is 32.2. The van der Waals surface area contributed by atoms with E-state index in [4.69, 9.17) is 4.42 Å². The summed E-state index contributed by atoms with van der Waals surface area (Å²) in [6.45, 7) is 3.27. The zero-order chi connectivity index (χ0) is 20.4. The molecule has 2 amide bonds. The van der Waals surface area contributed by atoms with Crippen LogP contribution in [-0.2, 0) is 16.6 Å². The summed E-state index contributed by atoms with van der Waals surface area (Å²) >= 11 is 1.20. The first-order valence-corrected chi connectivity index (χ1v) is 11.8. The van der Waals surface area contributed by atoms with Crippen LogP contribution < -0.4 is 10.6 Å². The van der Waals surface area contributed by atoms with Crippen molar-refractivity contribution < 1.29 is 17.6 Å². The Morgan fingerprint density at radius 3 is 2.72 bits per heavy atom. The monoisotopic (exact) mass is 433 g/mol. The molecule has 1 fully saturated rings. The van der Waals surface area contributed by atoms with Crippen molar-refractivity contribution >= 4 is 38.4 Å². The number of para-hydroxylation sites is 1. The van der Waals surface area contributed by atoms with Crippen LogP contribution in [0.1, 0.15) is 36.4 Å². The van der Waals surface area contributed by atoms with Crippen LogP contribution in [0.5, 0.6) is 0 Å². The minimum atomic E-state index is -3.41. The van der Waals surface area contributed by atoms with Crippen LogP contribution in [0.15, 0.2) is 51.1 Å². The van der Waals surface area contributed by atoms with Gasteiger partial charge in [-0.1, -0.05) is 18.2 Å². The zero-order valence-corrected chi connectivity index (χ0v) is 17.7. The van der Waals surface area contributed by atoms with Gasteiger partial charge in [-0.25, -0.2) is 13.2 Å². The number of carbonyl (C=O) groups is 1. The van der Waals surface area contributed by atoms with Crippen molar-refractivity contribution in [3.63, 3.8) is 0 Å². The Hall–Kier alpha value is -2.36. The van der Waals surface area contributed by atoms with Crippen LogP contribution in [0.2, 0.25) is 0 Å². The number of thiophene rings is 1. The highest BCUT2D eigenvalue weighted by molar-refractivity contribution is 7.91. The van der Waals surface area contributed by atoms with Gasteiger partial charge in [0.25, 0.3) is 10.0 Å². The lowest BCUT2D eigenvalue weighted by molar-refractivity contribution is 0.236. The molecule has 1 aliphatic heterocycles. The molecule has 1 aromatic carbocycles. The Balaban J connectivity index is 1.33. The van der Waals surface area contributed by atoms with Crippen LogP contribution in [-0.4, -0.2) is 31.8 Å². The summed E-state index contributed by atoms with van der Waals surface area (Å²) < 4.78 is 32.8. The second-order valence-electron chi connectivity index (χ2n) is 7.07. The standard InChI is InChI=1S/C20H23N3O4S2/c1-14(18-12-15-6-2-3-7-17(15)27-18)22-20(24)21-13-16-8-9-19(28-16)29(25,26)23-10-4-5-11-23/h2-3,6-9,12,14H,4-5,10-11,13H2,1H3,(H2,21,22,24). The van der Waals surface area contributed by atoms with Crippen LogP contribution in [0.4, 0.5) is 4.79 Å². The van der Waals surface area contributed by atoms with Crippen LogP contribution >= 0.6 is 11.3 Å².